The number of carbonyl (C=O) groups excluding carboxylic acids is 1. The van der Waals surface area contributed by atoms with Crippen LogP contribution in [0, 0.1) is 20.8 Å². The number of aryl methyl sites for hydroxylation is 3. The molecule has 20 heavy (non-hydrogen) atoms. The highest BCUT2D eigenvalue weighted by Gasteiger charge is 2.20. The van der Waals surface area contributed by atoms with Gasteiger partial charge in [-0.05, 0) is 43.7 Å². The van der Waals surface area contributed by atoms with E-state index in [-0.39, 0.29) is 12.3 Å². The molecule has 0 aromatic heterocycles. The van der Waals surface area contributed by atoms with Crippen LogP contribution in [0.3, 0.4) is 0 Å². The molecule has 4 nitrogen and oxygen atoms in total. The van der Waals surface area contributed by atoms with Crippen LogP contribution in [0.2, 0.25) is 0 Å². The summed E-state index contributed by atoms with van der Waals surface area (Å²) in [7, 11) is 0. The Hall–Kier alpha value is -1.49. The van der Waals surface area contributed by atoms with Gasteiger partial charge in [0.1, 0.15) is 6.04 Å². The van der Waals surface area contributed by atoms with Crippen molar-refractivity contribution in [3.8, 4) is 0 Å². The second-order valence-electron chi connectivity index (χ2n) is 4.97. The number of carboxylic acids is 1. The molecule has 0 saturated carbocycles. The fraction of sp³-hybridized carbons (Fsp3) is 0.467. The maximum atomic E-state index is 12.0. The number of aliphatic carboxylic acids is 1. The minimum absolute atomic E-state index is 0.218. The predicted octanol–water partition coefficient (Wildman–Crippen LogP) is 2.09. The summed E-state index contributed by atoms with van der Waals surface area (Å²) in [5, 5.41) is 11.6. The summed E-state index contributed by atoms with van der Waals surface area (Å²) in [6, 6.07) is 3.24. The largest absolute Gasteiger partial charge is 0.480 e. The molecular weight excluding hydrogens is 274 g/mol. The number of benzene rings is 1. The molecule has 1 aromatic rings. The molecule has 0 aliphatic rings. The Balaban J connectivity index is 2.78. The SMILES string of the molecule is CSC[C@H](NC(=O)Cc1c(C)cc(C)cc1C)C(=O)O. The predicted molar refractivity (Wildman–Crippen MR) is 82.3 cm³/mol. The Morgan fingerprint density at radius 3 is 2.25 bits per heavy atom. The molecule has 0 aliphatic heterocycles. The molecule has 0 spiro atoms. The van der Waals surface area contributed by atoms with Gasteiger partial charge in [0.25, 0.3) is 0 Å². The number of thioether (sulfide) groups is 1. The second kappa shape index (κ2) is 7.33. The van der Waals surface area contributed by atoms with Gasteiger partial charge in [-0.15, -0.1) is 0 Å². The van der Waals surface area contributed by atoms with E-state index >= 15 is 0 Å². The van der Waals surface area contributed by atoms with Crippen LogP contribution in [0.25, 0.3) is 0 Å². The van der Waals surface area contributed by atoms with Gasteiger partial charge in [-0.2, -0.15) is 11.8 Å². The number of carbonyl (C=O) groups is 2. The number of hydrogen-bond acceptors (Lipinski definition) is 3. The number of hydrogen-bond donors (Lipinski definition) is 2. The molecular formula is C15H21NO3S. The quantitative estimate of drug-likeness (QED) is 0.843. The number of amides is 1. The van der Waals surface area contributed by atoms with Gasteiger partial charge in [0.05, 0.1) is 6.42 Å². The highest BCUT2D eigenvalue weighted by Crippen LogP contribution is 2.17. The van der Waals surface area contributed by atoms with E-state index in [4.69, 9.17) is 5.11 Å². The van der Waals surface area contributed by atoms with Gasteiger partial charge in [0.2, 0.25) is 5.91 Å². The number of rotatable bonds is 6. The van der Waals surface area contributed by atoms with Gasteiger partial charge in [0, 0.05) is 5.75 Å². The fourth-order valence-corrected chi connectivity index (χ4v) is 2.80. The Morgan fingerprint density at radius 2 is 1.80 bits per heavy atom. The summed E-state index contributed by atoms with van der Waals surface area (Å²) in [6.07, 6.45) is 2.03. The van der Waals surface area contributed by atoms with Crippen molar-refractivity contribution < 1.29 is 14.7 Å². The van der Waals surface area contributed by atoms with E-state index in [1.807, 2.05) is 39.2 Å². The number of carboxylic acid groups (broad SMARTS) is 1. The summed E-state index contributed by atoms with van der Waals surface area (Å²) in [6.45, 7) is 5.96. The second-order valence-corrected chi connectivity index (χ2v) is 5.88. The zero-order valence-electron chi connectivity index (χ0n) is 12.3. The molecule has 5 heteroatoms. The first kappa shape index (κ1) is 16.6. The van der Waals surface area contributed by atoms with Gasteiger partial charge in [-0.3, -0.25) is 4.79 Å². The van der Waals surface area contributed by atoms with E-state index in [1.54, 1.807) is 0 Å². The Bertz CT molecular complexity index is 491. The van der Waals surface area contributed by atoms with Crippen LogP contribution in [0.15, 0.2) is 12.1 Å². The van der Waals surface area contributed by atoms with Crippen molar-refractivity contribution in [3.05, 3.63) is 34.4 Å². The van der Waals surface area contributed by atoms with Crippen LogP contribution in [0.5, 0.6) is 0 Å². The smallest absolute Gasteiger partial charge is 0.327 e. The van der Waals surface area contributed by atoms with E-state index < -0.39 is 12.0 Å². The van der Waals surface area contributed by atoms with Gasteiger partial charge < -0.3 is 10.4 Å². The molecule has 0 aliphatic carbocycles. The normalized spacial score (nSPS) is 12.0. The van der Waals surface area contributed by atoms with Gasteiger partial charge in [-0.25, -0.2) is 4.79 Å². The monoisotopic (exact) mass is 295 g/mol. The lowest BCUT2D eigenvalue weighted by Gasteiger charge is -2.15. The summed E-state index contributed by atoms with van der Waals surface area (Å²) >= 11 is 1.40. The van der Waals surface area contributed by atoms with Crippen molar-refractivity contribution in [1.29, 1.82) is 0 Å². The van der Waals surface area contributed by atoms with Crippen molar-refractivity contribution >= 4 is 23.6 Å². The lowest BCUT2D eigenvalue weighted by molar-refractivity contribution is -0.141. The first-order valence-corrected chi connectivity index (χ1v) is 7.82. The average Bonchev–Trinajstić information content (AvgIpc) is 2.33. The molecule has 1 atom stereocenters. The third-order valence-corrected chi connectivity index (χ3v) is 3.81. The molecule has 1 amide bonds. The molecule has 0 saturated heterocycles. The van der Waals surface area contributed by atoms with Gasteiger partial charge in [0.15, 0.2) is 0 Å². The first-order valence-electron chi connectivity index (χ1n) is 6.43. The molecule has 2 N–H and O–H groups in total. The zero-order chi connectivity index (χ0) is 15.3. The van der Waals surface area contributed by atoms with E-state index in [1.165, 1.54) is 11.8 Å². The molecule has 0 unspecified atom stereocenters. The molecule has 110 valence electrons. The van der Waals surface area contributed by atoms with Crippen molar-refractivity contribution in [2.45, 2.75) is 33.2 Å². The third-order valence-electron chi connectivity index (χ3n) is 3.14. The summed E-state index contributed by atoms with van der Waals surface area (Å²) in [5.41, 5.74) is 4.26. The minimum atomic E-state index is -0.995. The molecule has 1 aromatic carbocycles. The van der Waals surface area contributed by atoms with Gasteiger partial charge >= 0.3 is 5.97 Å². The number of nitrogens with one attached hydrogen (secondary N) is 1. The standard InChI is InChI=1S/C15H21NO3S/c1-9-5-10(2)12(11(3)6-9)7-14(17)16-13(8-20-4)15(18)19/h5-6,13H,7-8H2,1-4H3,(H,16,17)(H,18,19)/t13-/m0/s1. The fourth-order valence-electron chi connectivity index (χ4n) is 2.24. The minimum Gasteiger partial charge on any atom is -0.480 e. The zero-order valence-corrected chi connectivity index (χ0v) is 13.1. The molecule has 0 heterocycles. The van der Waals surface area contributed by atoms with Crippen LogP contribution in [-0.4, -0.2) is 35.0 Å². The van der Waals surface area contributed by atoms with Crippen molar-refractivity contribution in [2.75, 3.05) is 12.0 Å². The van der Waals surface area contributed by atoms with Crippen LogP contribution in [0.4, 0.5) is 0 Å². The Labute approximate surface area is 124 Å². The van der Waals surface area contributed by atoms with Crippen LogP contribution in [0.1, 0.15) is 22.3 Å². The maximum absolute atomic E-state index is 12.0. The lowest BCUT2D eigenvalue weighted by Crippen LogP contribution is -2.43. The van der Waals surface area contributed by atoms with Crippen molar-refractivity contribution in [1.82, 2.24) is 5.32 Å². The Morgan fingerprint density at radius 1 is 1.25 bits per heavy atom. The molecule has 1 rings (SSSR count). The highest BCUT2D eigenvalue weighted by molar-refractivity contribution is 7.98. The maximum Gasteiger partial charge on any atom is 0.327 e. The van der Waals surface area contributed by atoms with Crippen LogP contribution < -0.4 is 5.32 Å². The average molecular weight is 295 g/mol. The molecule has 0 radical (unpaired) electrons. The van der Waals surface area contributed by atoms with Crippen molar-refractivity contribution in [3.63, 3.8) is 0 Å². The van der Waals surface area contributed by atoms with E-state index in [2.05, 4.69) is 5.32 Å². The summed E-state index contributed by atoms with van der Waals surface area (Å²) in [4.78, 5) is 23.0. The molecule has 0 fully saturated rings. The van der Waals surface area contributed by atoms with E-state index in [0.29, 0.717) is 5.75 Å². The van der Waals surface area contributed by atoms with Crippen LogP contribution in [-0.2, 0) is 16.0 Å². The topological polar surface area (TPSA) is 66.4 Å². The van der Waals surface area contributed by atoms with E-state index in [9.17, 15) is 9.59 Å². The highest BCUT2D eigenvalue weighted by atomic mass is 32.2. The van der Waals surface area contributed by atoms with E-state index in [0.717, 1.165) is 22.3 Å². The summed E-state index contributed by atoms with van der Waals surface area (Å²) < 4.78 is 0. The van der Waals surface area contributed by atoms with Crippen LogP contribution >= 0.6 is 11.8 Å². The van der Waals surface area contributed by atoms with Crippen molar-refractivity contribution in [2.24, 2.45) is 0 Å². The lowest BCUT2D eigenvalue weighted by atomic mass is 9.97. The van der Waals surface area contributed by atoms with Gasteiger partial charge in [-0.1, -0.05) is 17.7 Å². The summed E-state index contributed by atoms with van der Waals surface area (Å²) in [5.74, 6) is -0.876. The molecule has 0 bridgehead atoms. The third kappa shape index (κ3) is 4.56. The first-order chi connectivity index (χ1) is 9.35. The Kier molecular flexibility index (Phi) is 6.07.